The molecule has 0 aliphatic rings. The minimum atomic E-state index is -1.04. The summed E-state index contributed by atoms with van der Waals surface area (Å²) in [4.78, 5) is 21.6. The fraction of sp³-hybridized carbons (Fsp3) is 0.556. The number of nitrogens with zero attached hydrogens (tertiary/aromatic N) is 3. The summed E-state index contributed by atoms with van der Waals surface area (Å²) in [5, 5.41) is 18.9. The summed E-state index contributed by atoms with van der Waals surface area (Å²) < 4.78 is 1.58. The van der Waals surface area contributed by atoms with Crippen molar-refractivity contribution in [3.63, 3.8) is 0 Å². The van der Waals surface area contributed by atoms with Crippen LogP contribution in [0.1, 0.15) is 12.6 Å². The second-order valence-corrected chi connectivity index (χ2v) is 4.52. The normalized spacial score (nSPS) is 12.1. The first-order valence-electron chi connectivity index (χ1n) is 4.92. The van der Waals surface area contributed by atoms with E-state index in [9.17, 15) is 9.59 Å². The molecule has 0 aromatic carbocycles. The molecule has 1 amide bonds. The van der Waals surface area contributed by atoms with Crippen LogP contribution >= 0.6 is 11.8 Å². The first-order valence-corrected chi connectivity index (χ1v) is 6.07. The highest BCUT2D eigenvalue weighted by Crippen LogP contribution is 2.10. The van der Waals surface area contributed by atoms with Crippen LogP contribution in [-0.2, 0) is 22.4 Å². The molecular weight excluding hydrogens is 244 g/mol. The number of carboxylic acids is 1. The summed E-state index contributed by atoms with van der Waals surface area (Å²) in [5.74, 6) is -0.521. The van der Waals surface area contributed by atoms with E-state index in [4.69, 9.17) is 5.11 Å². The minimum absolute atomic E-state index is 0.297. The molecule has 0 radical (unpaired) electrons. The Hall–Kier alpha value is -1.57. The molecule has 2 N–H and O–H groups in total. The first-order chi connectivity index (χ1) is 7.99. The lowest BCUT2D eigenvalue weighted by atomic mass is 10.3. The lowest BCUT2D eigenvalue weighted by Gasteiger charge is -2.11. The highest BCUT2D eigenvalue weighted by Gasteiger charge is 2.18. The molecule has 1 unspecified atom stereocenters. The van der Waals surface area contributed by atoms with E-state index in [1.54, 1.807) is 17.9 Å². The number of thioether (sulfide) groups is 1. The van der Waals surface area contributed by atoms with Crippen molar-refractivity contribution in [2.45, 2.75) is 18.7 Å². The average Bonchev–Trinajstić information content (AvgIpc) is 2.62. The van der Waals surface area contributed by atoms with Gasteiger partial charge in [0, 0.05) is 31.7 Å². The van der Waals surface area contributed by atoms with E-state index in [1.165, 1.54) is 18.7 Å². The summed E-state index contributed by atoms with van der Waals surface area (Å²) in [6.07, 6.45) is 1.77. The molecule has 1 rings (SSSR count). The number of carbonyl (C=O) groups excluding carboxylic acids is 1. The summed E-state index contributed by atoms with van der Waals surface area (Å²) >= 11 is 1.39. The highest BCUT2D eigenvalue weighted by molar-refractivity contribution is 7.98. The van der Waals surface area contributed by atoms with Crippen molar-refractivity contribution in [1.29, 1.82) is 0 Å². The molecule has 0 saturated carbocycles. The van der Waals surface area contributed by atoms with Crippen molar-refractivity contribution < 1.29 is 14.7 Å². The Bertz CT molecular complexity index is 407. The number of hydrogen-bond donors (Lipinski definition) is 2. The summed E-state index contributed by atoms with van der Waals surface area (Å²) in [6.45, 7) is 1.29. The third-order valence-electron chi connectivity index (χ3n) is 1.86. The Kier molecular flexibility index (Phi) is 4.95. The molecular formula is C9H14N4O3S. The molecule has 0 spiro atoms. The lowest BCUT2D eigenvalue weighted by molar-refractivity contribution is -0.140. The number of carbonyl (C=O) groups is 2. The van der Waals surface area contributed by atoms with E-state index in [-0.39, 0.29) is 5.91 Å². The van der Waals surface area contributed by atoms with Gasteiger partial charge in [0.15, 0.2) is 0 Å². The van der Waals surface area contributed by atoms with E-state index in [0.717, 1.165) is 5.69 Å². The number of aryl methyl sites for hydroxylation is 1. The van der Waals surface area contributed by atoms with Gasteiger partial charge in [-0.25, -0.2) is 4.79 Å². The van der Waals surface area contributed by atoms with Crippen molar-refractivity contribution in [1.82, 2.24) is 20.3 Å². The molecule has 0 aliphatic carbocycles. The quantitative estimate of drug-likeness (QED) is 0.723. The van der Waals surface area contributed by atoms with Gasteiger partial charge in [-0.15, -0.1) is 5.10 Å². The number of hydrogen-bond acceptors (Lipinski definition) is 5. The molecule has 0 saturated heterocycles. The molecule has 1 atom stereocenters. The van der Waals surface area contributed by atoms with Gasteiger partial charge in [0.1, 0.15) is 6.04 Å². The standard InChI is InChI=1S/C9H14N4O3S/c1-6(14)10-8(9(15)16)5-17-4-7-3-13(2)12-11-7/h3,8H,4-5H2,1-2H3,(H,10,14)(H,15,16). The maximum absolute atomic E-state index is 10.8. The van der Waals surface area contributed by atoms with Crippen LogP contribution in [0.15, 0.2) is 6.20 Å². The van der Waals surface area contributed by atoms with Crippen LogP contribution in [0.2, 0.25) is 0 Å². The monoisotopic (exact) mass is 258 g/mol. The smallest absolute Gasteiger partial charge is 0.327 e. The van der Waals surface area contributed by atoms with Crippen LogP contribution in [0.4, 0.5) is 0 Å². The van der Waals surface area contributed by atoms with Gasteiger partial charge >= 0.3 is 5.97 Å². The van der Waals surface area contributed by atoms with Gasteiger partial charge in [-0.3, -0.25) is 9.48 Å². The van der Waals surface area contributed by atoms with Crippen LogP contribution in [0.3, 0.4) is 0 Å². The summed E-state index contributed by atoms with van der Waals surface area (Å²) in [6, 6.07) is -0.867. The van der Waals surface area contributed by atoms with Crippen molar-refractivity contribution in [2.24, 2.45) is 7.05 Å². The number of nitrogens with one attached hydrogen (secondary N) is 1. The zero-order valence-electron chi connectivity index (χ0n) is 9.58. The molecule has 0 aliphatic heterocycles. The first kappa shape index (κ1) is 13.5. The molecule has 1 heterocycles. The average molecular weight is 258 g/mol. The van der Waals surface area contributed by atoms with Crippen molar-refractivity contribution in [3.05, 3.63) is 11.9 Å². The maximum atomic E-state index is 10.8. The Balaban J connectivity index is 2.37. The number of amides is 1. The molecule has 94 valence electrons. The predicted octanol–water partition coefficient (Wildman–Crippen LogP) is -0.362. The number of aliphatic carboxylic acids is 1. The van der Waals surface area contributed by atoms with Gasteiger partial charge < -0.3 is 10.4 Å². The SMILES string of the molecule is CC(=O)NC(CSCc1cn(C)nn1)C(=O)O. The van der Waals surface area contributed by atoms with E-state index in [1.807, 2.05) is 0 Å². The summed E-state index contributed by atoms with van der Waals surface area (Å²) in [7, 11) is 1.76. The third kappa shape index (κ3) is 4.85. The van der Waals surface area contributed by atoms with E-state index < -0.39 is 12.0 Å². The summed E-state index contributed by atoms with van der Waals surface area (Å²) in [5.41, 5.74) is 0.782. The highest BCUT2D eigenvalue weighted by atomic mass is 32.2. The number of aromatic nitrogens is 3. The number of rotatable bonds is 6. The van der Waals surface area contributed by atoms with Gasteiger partial charge in [0.2, 0.25) is 5.91 Å². The predicted molar refractivity (Wildman–Crippen MR) is 62.4 cm³/mol. The van der Waals surface area contributed by atoms with Crippen LogP contribution < -0.4 is 5.32 Å². The van der Waals surface area contributed by atoms with Crippen LogP contribution in [0, 0.1) is 0 Å². The maximum Gasteiger partial charge on any atom is 0.327 e. The van der Waals surface area contributed by atoms with Gasteiger partial charge in [-0.2, -0.15) is 11.8 Å². The van der Waals surface area contributed by atoms with Crippen molar-refractivity contribution in [3.8, 4) is 0 Å². The Morgan fingerprint density at radius 1 is 1.65 bits per heavy atom. The largest absolute Gasteiger partial charge is 0.480 e. The lowest BCUT2D eigenvalue weighted by Crippen LogP contribution is -2.41. The molecule has 8 heteroatoms. The molecule has 17 heavy (non-hydrogen) atoms. The van der Waals surface area contributed by atoms with Crippen LogP contribution in [-0.4, -0.2) is 43.8 Å². The molecule has 1 aromatic heterocycles. The van der Waals surface area contributed by atoms with Gasteiger partial charge in [-0.05, 0) is 0 Å². The zero-order valence-corrected chi connectivity index (χ0v) is 10.4. The van der Waals surface area contributed by atoms with Crippen LogP contribution in [0.5, 0.6) is 0 Å². The Morgan fingerprint density at radius 3 is 2.82 bits per heavy atom. The second-order valence-electron chi connectivity index (χ2n) is 3.49. The second kappa shape index (κ2) is 6.24. The minimum Gasteiger partial charge on any atom is -0.480 e. The fourth-order valence-corrected chi connectivity index (χ4v) is 2.08. The van der Waals surface area contributed by atoms with Crippen LogP contribution in [0.25, 0.3) is 0 Å². The fourth-order valence-electron chi connectivity index (χ4n) is 1.16. The molecule has 1 aromatic rings. The topological polar surface area (TPSA) is 97.1 Å². The molecule has 0 bridgehead atoms. The molecule has 0 fully saturated rings. The van der Waals surface area contributed by atoms with E-state index in [0.29, 0.717) is 11.5 Å². The zero-order chi connectivity index (χ0) is 12.8. The van der Waals surface area contributed by atoms with Gasteiger partial charge in [0.25, 0.3) is 0 Å². The third-order valence-corrected chi connectivity index (χ3v) is 2.93. The Morgan fingerprint density at radius 2 is 2.35 bits per heavy atom. The van der Waals surface area contributed by atoms with E-state index in [2.05, 4.69) is 15.6 Å². The Labute approximate surface area is 103 Å². The van der Waals surface area contributed by atoms with Gasteiger partial charge in [0.05, 0.1) is 5.69 Å². The van der Waals surface area contributed by atoms with Gasteiger partial charge in [-0.1, -0.05) is 5.21 Å². The van der Waals surface area contributed by atoms with Crippen molar-refractivity contribution >= 4 is 23.6 Å². The van der Waals surface area contributed by atoms with E-state index >= 15 is 0 Å². The molecule has 7 nitrogen and oxygen atoms in total. The number of carboxylic acid groups (broad SMARTS) is 1. The van der Waals surface area contributed by atoms with Crippen molar-refractivity contribution in [2.75, 3.05) is 5.75 Å².